The van der Waals surface area contributed by atoms with Gasteiger partial charge < -0.3 is 5.11 Å². The minimum Gasteiger partial charge on any atom is -0.478 e. The minimum atomic E-state index is -1.52. The summed E-state index contributed by atoms with van der Waals surface area (Å²) < 4.78 is 14.3. The molecule has 2 rings (SSSR count). The number of halogens is 1. The van der Waals surface area contributed by atoms with Crippen molar-refractivity contribution >= 4 is 11.7 Å². The van der Waals surface area contributed by atoms with Crippen molar-refractivity contribution < 1.29 is 19.2 Å². The van der Waals surface area contributed by atoms with E-state index >= 15 is 0 Å². The number of nitro benzene ring substituents is 1. The summed E-state index contributed by atoms with van der Waals surface area (Å²) in [5, 5.41) is 23.2. The molecule has 1 heterocycles. The van der Waals surface area contributed by atoms with Crippen LogP contribution in [0.4, 0.5) is 10.1 Å². The molecule has 0 unspecified atom stereocenters. The van der Waals surface area contributed by atoms with Crippen molar-refractivity contribution in [3.05, 3.63) is 46.3 Å². The first-order chi connectivity index (χ1) is 8.50. The van der Waals surface area contributed by atoms with Crippen LogP contribution < -0.4 is 0 Å². The lowest BCUT2D eigenvalue weighted by atomic mass is 10.1. The van der Waals surface area contributed by atoms with Gasteiger partial charge in [-0.05, 0) is 6.07 Å². The number of rotatable bonds is 3. The average molecular weight is 252 g/mol. The summed E-state index contributed by atoms with van der Waals surface area (Å²) in [5.74, 6) is -2.71. The van der Waals surface area contributed by atoms with E-state index in [1.54, 1.807) is 0 Å². The normalized spacial score (nSPS) is 10.3. The molecule has 0 bridgehead atoms. The molecule has 8 nitrogen and oxygen atoms in total. The standard InChI is InChI=1S/C9H5FN4O4/c10-6-2-8(14(17)18)7(1-5(6)9(15)16)13-4-11-3-12-13/h1-4H,(H,15,16). The van der Waals surface area contributed by atoms with Gasteiger partial charge in [-0.1, -0.05) is 0 Å². The molecule has 0 aliphatic heterocycles. The Balaban J connectivity index is 2.72. The van der Waals surface area contributed by atoms with E-state index in [1.165, 1.54) is 0 Å². The molecule has 2 aromatic rings. The van der Waals surface area contributed by atoms with Gasteiger partial charge in [0.25, 0.3) is 5.69 Å². The highest BCUT2D eigenvalue weighted by Crippen LogP contribution is 2.25. The molecule has 0 aliphatic rings. The van der Waals surface area contributed by atoms with E-state index in [1.807, 2.05) is 0 Å². The highest BCUT2D eigenvalue weighted by molar-refractivity contribution is 5.89. The van der Waals surface area contributed by atoms with Crippen LogP contribution in [0.15, 0.2) is 24.8 Å². The predicted molar refractivity (Wildman–Crippen MR) is 54.9 cm³/mol. The van der Waals surface area contributed by atoms with Crippen LogP contribution in [-0.2, 0) is 0 Å². The van der Waals surface area contributed by atoms with Crippen molar-refractivity contribution in [1.29, 1.82) is 0 Å². The summed E-state index contributed by atoms with van der Waals surface area (Å²) in [6, 6.07) is 1.38. The van der Waals surface area contributed by atoms with Gasteiger partial charge >= 0.3 is 5.97 Å². The van der Waals surface area contributed by atoms with Crippen molar-refractivity contribution in [3.63, 3.8) is 0 Å². The quantitative estimate of drug-likeness (QED) is 0.644. The number of hydrogen-bond acceptors (Lipinski definition) is 5. The molecular weight excluding hydrogens is 247 g/mol. The SMILES string of the molecule is O=C(O)c1cc(-n2cncn2)c([N+](=O)[O-])cc1F. The zero-order valence-corrected chi connectivity index (χ0v) is 8.65. The highest BCUT2D eigenvalue weighted by atomic mass is 19.1. The summed E-state index contributed by atoms with van der Waals surface area (Å²) >= 11 is 0. The van der Waals surface area contributed by atoms with Gasteiger partial charge in [-0.3, -0.25) is 10.1 Å². The first-order valence-electron chi connectivity index (χ1n) is 4.57. The van der Waals surface area contributed by atoms with Crippen LogP contribution in [-0.4, -0.2) is 30.8 Å². The Morgan fingerprint density at radius 2 is 2.22 bits per heavy atom. The molecule has 18 heavy (non-hydrogen) atoms. The number of aromatic carboxylic acids is 1. The van der Waals surface area contributed by atoms with Crippen molar-refractivity contribution in [3.8, 4) is 5.69 Å². The lowest BCUT2D eigenvalue weighted by Gasteiger charge is -2.04. The first kappa shape index (κ1) is 11.6. The van der Waals surface area contributed by atoms with Gasteiger partial charge in [-0.15, -0.1) is 0 Å². The summed E-state index contributed by atoms with van der Waals surface area (Å²) in [7, 11) is 0. The molecule has 0 aliphatic carbocycles. The number of nitrogens with zero attached hydrogens (tertiary/aromatic N) is 4. The maximum absolute atomic E-state index is 13.4. The summed E-state index contributed by atoms with van der Waals surface area (Å²) in [6.45, 7) is 0. The molecule has 9 heteroatoms. The zero-order valence-electron chi connectivity index (χ0n) is 8.65. The van der Waals surface area contributed by atoms with Crippen LogP contribution in [0, 0.1) is 15.9 Å². The Bertz CT molecular complexity index is 626. The summed E-state index contributed by atoms with van der Waals surface area (Å²) in [6.07, 6.45) is 2.26. The van der Waals surface area contributed by atoms with E-state index in [4.69, 9.17) is 5.11 Å². The fourth-order valence-electron chi connectivity index (χ4n) is 1.38. The van der Waals surface area contributed by atoms with Crippen LogP contribution in [0.1, 0.15) is 10.4 Å². The van der Waals surface area contributed by atoms with Crippen molar-refractivity contribution in [2.24, 2.45) is 0 Å². The van der Waals surface area contributed by atoms with Crippen molar-refractivity contribution in [2.75, 3.05) is 0 Å². The molecular formula is C9H5FN4O4. The van der Waals surface area contributed by atoms with Crippen LogP contribution >= 0.6 is 0 Å². The topological polar surface area (TPSA) is 111 Å². The molecule has 0 radical (unpaired) electrons. The monoisotopic (exact) mass is 252 g/mol. The Morgan fingerprint density at radius 3 is 2.72 bits per heavy atom. The maximum Gasteiger partial charge on any atom is 0.338 e. The molecule has 0 saturated heterocycles. The van der Waals surface area contributed by atoms with Gasteiger partial charge in [0, 0.05) is 0 Å². The Morgan fingerprint density at radius 1 is 1.50 bits per heavy atom. The molecule has 0 atom stereocenters. The smallest absolute Gasteiger partial charge is 0.338 e. The molecule has 92 valence electrons. The van der Waals surface area contributed by atoms with Gasteiger partial charge in [0.15, 0.2) is 0 Å². The van der Waals surface area contributed by atoms with Gasteiger partial charge in [0.05, 0.1) is 16.6 Å². The second-order valence-corrected chi connectivity index (χ2v) is 3.22. The predicted octanol–water partition coefficient (Wildman–Crippen LogP) is 1.01. The van der Waals surface area contributed by atoms with Crippen LogP contribution in [0.3, 0.4) is 0 Å². The maximum atomic E-state index is 13.4. The number of hydrogen-bond donors (Lipinski definition) is 1. The summed E-state index contributed by atoms with van der Waals surface area (Å²) in [4.78, 5) is 24.3. The summed E-state index contributed by atoms with van der Waals surface area (Å²) in [5.41, 5.74) is -1.44. The fourth-order valence-corrected chi connectivity index (χ4v) is 1.38. The molecule has 0 fully saturated rings. The Labute approximate surface area is 98.5 Å². The molecule has 1 aromatic carbocycles. The second kappa shape index (κ2) is 4.20. The van der Waals surface area contributed by atoms with E-state index in [-0.39, 0.29) is 5.69 Å². The fraction of sp³-hybridized carbons (Fsp3) is 0. The number of carboxylic acid groups (broad SMARTS) is 1. The number of carbonyl (C=O) groups is 1. The minimum absolute atomic E-state index is 0.170. The van der Waals surface area contributed by atoms with Gasteiger partial charge in [0.1, 0.15) is 24.2 Å². The largest absolute Gasteiger partial charge is 0.478 e. The number of benzene rings is 1. The Hall–Kier alpha value is -2.84. The third-order valence-electron chi connectivity index (χ3n) is 2.16. The van der Waals surface area contributed by atoms with E-state index in [0.29, 0.717) is 6.07 Å². The highest BCUT2D eigenvalue weighted by Gasteiger charge is 2.23. The lowest BCUT2D eigenvalue weighted by Crippen LogP contribution is -2.07. The number of carboxylic acids is 1. The van der Waals surface area contributed by atoms with Crippen LogP contribution in [0.25, 0.3) is 5.69 Å². The first-order valence-corrected chi connectivity index (χ1v) is 4.57. The van der Waals surface area contributed by atoms with Gasteiger partial charge in [-0.25, -0.2) is 18.9 Å². The molecule has 0 saturated carbocycles. The van der Waals surface area contributed by atoms with E-state index in [0.717, 1.165) is 23.4 Å². The molecule has 0 amide bonds. The lowest BCUT2D eigenvalue weighted by molar-refractivity contribution is -0.384. The van der Waals surface area contributed by atoms with Crippen molar-refractivity contribution in [2.45, 2.75) is 0 Å². The molecule has 1 N–H and O–H groups in total. The van der Waals surface area contributed by atoms with Crippen LogP contribution in [0.5, 0.6) is 0 Å². The van der Waals surface area contributed by atoms with Crippen LogP contribution in [0.2, 0.25) is 0 Å². The van der Waals surface area contributed by atoms with E-state index < -0.39 is 28.0 Å². The van der Waals surface area contributed by atoms with E-state index in [2.05, 4.69) is 10.1 Å². The number of nitro groups is 1. The third kappa shape index (κ3) is 1.88. The van der Waals surface area contributed by atoms with E-state index in [9.17, 15) is 19.3 Å². The second-order valence-electron chi connectivity index (χ2n) is 3.22. The number of aromatic nitrogens is 3. The Kier molecular flexibility index (Phi) is 2.72. The van der Waals surface area contributed by atoms with Crippen molar-refractivity contribution in [1.82, 2.24) is 14.8 Å². The molecule has 0 spiro atoms. The van der Waals surface area contributed by atoms with Gasteiger partial charge in [-0.2, -0.15) is 5.10 Å². The zero-order chi connectivity index (χ0) is 13.3. The molecule has 1 aromatic heterocycles. The van der Waals surface area contributed by atoms with Gasteiger partial charge in [0.2, 0.25) is 0 Å². The third-order valence-corrected chi connectivity index (χ3v) is 2.16. The average Bonchev–Trinajstić information content (AvgIpc) is 2.81.